The van der Waals surface area contributed by atoms with Crippen molar-refractivity contribution in [1.82, 2.24) is 4.90 Å². The Morgan fingerprint density at radius 2 is 1.94 bits per heavy atom. The number of fused-ring (bicyclic) bond motifs is 1. The summed E-state index contributed by atoms with van der Waals surface area (Å²) in [6, 6.07) is 0.123. The van der Waals surface area contributed by atoms with Crippen LogP contribution in [0.15, 0.2) is 4.99 Å². The Hall–Kier alpha value is -0.850. The molecule has 6 nitrogen and oxygen atoms in total. The van der Waals surface area contributed by atoms with Crippen LogP contribution >= 0.6 is 0 Å². The second kappa shape index (κ2) is 5.42. The molecule has 2 aliphatic rings. The van der Waals surface area contributed by atoms with Gasteiger partial charge in [0.05, 0.1) is 6.10 Å². The van der Waals surface area contributed by atoms with Gasteiger partial charge in [0.15, 0.2) is 0 Å². The fraction of sp³-hybridized carbons (Fsp3) is 0.917. The lowest BCUT2D eigenvalue weighted by Crippen LogP contribution is -2.52. The minimum atomic E-state index is -0.964. The SMILES string of the molecule is CCN(CC)C1=N[C@@H]2[C@@H](O)[C@H](O)[C@@H](CO)C[C@@H]2O1. The van der Waals surface area contributed by atoms with Crippen molar-refractivity contribution in [2.45, 2.75) is 44.6 Å². The predicted octanol–water partition coefficient (Wildman–Crippen LogP) is -0.814. The van der Waals surface area contributed by atoms with Crippen LogP contribution in [0.2, 0.25) is 0 Å². The van der Waals surface area contributed by atoms with Crippen LogP contribution in [0, 0.1) is 5.92 Å². The Balaban J connectivity index is 2.12. The van der Waals surface area contributed by atoms with E-state index in [9.17, 15) is 15.3 Å². The summed E-state index contributed by atoms with van der Waals surface area (Å²) >= 11 is 0. The molecule has 6 heteroatoms. The summed E-state index contributed by atoms with van der Waals surface area (Å²) in [6.45, 7) is 5.46. The smallest absolute Gasteiger partial charge is 0.288 e. The molecular formula is C12H22N2O4. The number of aliphatic hydroxyl groups is 3. The predicted molar refractivity (Wildman–Crippen MR) is 66.2 cm³/mol. The highest BCUT2D eigenvalue weighted by Gasteiger charge is 2.48. The molecular weight excluding hydrogens is 236 g/mol. The van der Waals surface area contributed by atoms with Crippen molar-refractivity contribution in [3.8, 4) is 0 Å². The molecule has 1 aliphatic heterocycles. The van der Waals surface area contributed by atoms with E-state index < -0.39 is 18.2 Å². The monoisotopic (exact) mass is 258 g/mol. The molecule has 18 heavy (non-hydrogen) atoms. The summed E-state index contributed by atoms with van der Waals surface area (Å²) in [5.41, 5.74) is 0. The van der Waals surface area contributed by atoms with Gasteiger partial charge in [0, 0.05) is 25.6 Å². The number of aliphatic hydroxyl groups excluding tert-OH is 3. The first-order valence-corrected chi connectivity index (χ1v) is 6.58. The average Bonchev–Trinajstić information content (AvgIpc) is 2.79. The van der Waals surface area contributed by atoms with Crippen LogP contribution in [-0.2, 0) is 4.74 Å². The van der Waals surface area contributed by atoms with Crippen molar-refractivity contribution in [2.75, 3.05) is 19.7 Å². The zero-order chi connectivity index (χ0) is 13.3. The molecule has 1 fully saturated rings. The topological polar surface area (TPSA) is 85.5 Å². The van der Waals surface area contributed by atoms with Gasteiger partial charge in [-0.05, 0) is 20.3 Å². The lowest BCUT2D eigenvalue weighted by atomic mass is 9.80. The van der Waals surface area contributed by atoms with E-state index in [0.717, 1.165) is 13.1 Å². The van der Waals surface area contributed by atoms with Crippen molar-refractivity contribution in [2.24, 2.45) is 10.9 Å². The molecule has 104 valence electrons. The second-order valence-corrected chi connectivity index (χ2v) is 4.89. The van der Waals surface area contributed by atoms with Crippen LogP contribution in [0.25, 0.3) is 0 Å². The molecule has 1 heterocycles. The van der Waals surface area contributed by atoms with E-state index in [1.54, 1.807) is 0 Å². The molecule has 1 aliphatic carbocycles. The zero-order valence-electron chi connectivity index (χ0n) is 10.9. The van der Waals surface area contributed by atoms with Gasteiger partial charge in [-0.25, -0.2) is 4.99 Å². The highest BCUT2D eigenvalue weighted by Crippen LogP contribution is 2.33. The zero-order valence-corrected chi connectivity index (χ0v) is 10.9. The summed E-state index contributed by atoms with van der Waals surface area (Å²) < 4.78 is 5.75. The largest absolute Gasteiger partial charge is 0.459 e. The van der Waals surface area contributed by atoms with Crippen molar-refractivity contribution in [1.29, 1.82) is 0 Å². The summed E-state index contributed by atoms with van der Waals surface area (Å²) in [5, 5.41) is 29.1. The summed E-state index contributed by atoms with van der Waals surface area (Å²) in [5.74, 6) is -0.340. The van der Waals surface area contributed by atoms with Crippen LogP contribution in [0.4, 0.5) is 0 Å². The lowest BCUT2D eigenvalue weighted by molar-refractivity contribution is -0.0955. The van der Waals surface area contributed by atoms with Crippen molar-refractivity contribution in [3.63, 3.8) is 0 Å². The number of rotatable bonds is 3. The Kier molecular flexibility index (Phi) is 4.09. The molecule has 0 aromatic carbocycles. The van der Waals surface area contributed by atoms with E-state index in [0.29, 0.717) is 12.4 Å². The number of nitrogens with zero attached hydrogens (tertiary/aromatic N) is 2. The number of hydrogen-bond acceptors (Lipinski definition) is 6. The second-order valence-electron chi connectivity index (χ2n) is 4.89. The molecule has 0 amide bonds. The van der Waals surface area contributed by atoms with Gasteiger partial charge in [-0.1, -0.05) is 0 Å². The maximum atomic E-state index is 10.0. The fourth-order valence-corrected chi connectivity index (χ4v) is 2.68. The van der Waals surface area contributed by atoms with E-state index in [4.69, 9.17) is 4.74 Å². The van der Waals surface area contributed by atoms with E-state index in [1.165, 1.54) is 0 Å². The van der Waals surface area contributed by atoms with Crippen LogP contribution in [-0.4, -0.2) is 70.3 Å². The molecule has 5 atom stereocenters. The summed E-state index contributed by atoms with van der Waals surface area (Å²) in [4.78, 5) is 6.36. The van der Waals surface area contributed by atoms with Gasteiger partial charge in [0.25, 0.3) is 6.02 Å². The third kappa shape index (κ3) is 2.20. The molecule has 0 aromatic heterocycles. The molecule has 0 aromatic rings. The average molecular weight is 258 g/mol. The van der Waals surface area contributed by atoms with Crippen LogP contribution in [0.5, 0.6) is 0 Å². The third-order valence-electron chi connectivity index (χ3n) is 3.88. The van der Waals surface area contributed by atoms with E-state index in [1.807, 2.05) is 18.7 Å². The van der Waals surface area contributed by atoms with Gasteiger partial charge in [-0.3, -0.25) is 0 Å². The molecule has 0 bridgehead atoms. The van der Waals surface area contributed by atoms with Crippen molar-refractivity contribution < 1.29 is 20.1 Å². The number of ether oxygens (including phenoxy) is 1. The first kappa shape index (κ1) is 13.6. The Morgan fingerprint density at radius 3 is 2.50 bits per heavy atom. The first-order chi connectivity index (χ1) is 8.62. The standard InChI is InChI=1S/C12H22N2O4/c1-3-14(4-2)12-13-9-8(18-12)5-7(6-15)10(16)11(9)17/h7-11,15-17H,3-6H2,1-2H3/t7-,8+,9+,10-,11-/m1/s1. The van der Waals surface area contributed by atoms with Gasteiger partial charge in [0.2, 0.25) is 0 Å². The Morgan fingerprint density at radius 1 is 1.28 bits per heavy atom. The maximum absolute atomic E-state index is 10.0. The Bertz CT molecular complexity index is 319. The van der Waals surface area contributed by atoms with Gasteiger partial charge in [-0.15, -0.1) is 0 Å². The lowest BCUT2D eigenvalue weighted by Gasteiger charge is -2.36. The van der Waals surface area contributed by atoms with Gasteiger partial charge >= 0.3 is 0 Å². The quantitative estimate of drug-likeness (QED) is 0.616. The van der Waals surface area contributed by atoms with Crippen molar-refractivity contribution in [3.05, 3.63) is 0 Å². The van der Waals surface area contributed by atoms with Crippen LogP contribution in [0.3, 0.4) is 0 Å². The van der Waals surface area contributed by atoms with Gasteiger partial charge in [0.1, 0.15) is 18.2 Å². The summed E-state index contributed by atoms with van der Waals surface area (Å²) in [7, 11) is 0. The third-order valence-corrected chi connectivity index (χ3v) is 3.88. The fourth-order valence-electron chi connectivity index (χ4n) is 2.68. The molecule has 2 rings (SSSR count). The van der Waals surface area contributed by atoms with E-state index >= 15 is 0 Å². The highest BCUT2D eigenvalue weighted by molar-refractivity contribution is 5.76. The highest BCUT2D eigenvalue weighted by atomic mass is 16.5. The number of aliphatic imine (C=N–C) groups is 1. The molecule has 0 spiro atoms. The maximum Gasteiger partial charge on any atom is 0.288 e. The minimum absolute atomic E-state index is 0.147. The van der Waals surface area contributed by atoms with E-state index in [2.05, 4.69) is 4.99 Å². The minimum Gasteiger partial charge on any atom is -0.459 e. The van der Waals surface area contributed by atoms with Crippen LogP contribution in [0.1, 0.15) is 20.3 Å². The summed E-state index contributed by atoms with van der Waals surface area (Å²) in [6.07, 6.45) is -1.61. The number of amidine groups is 1. The van der Waals surface area contributed by atoms with Gasteiger partial charge in [-0.2, -0.15) is 0 Å². The molecule has 0 unspecified atom stereocenters. The normalized spacial score (nSPS) is 38.9. The Labute approximate surface area is 107 Å². The molecule has 0 radical (unpaired) electrons. The van der Waals surface area contributed by atoms with Gasteiger partial charge < -0.3 is 25.0 Å². The first-order valence-electron chi connectivity index (χ1n) is 6.58. The van der Waals surface area contributed by atoms with E-state index in [-0.39, 0.29) is 18.6 Å². The van der Waals surface area contributed by atoms with Crippen molar-refractivity contribution >= 4 is 6.02 Å². The van der Waals surface area contributed by atoms with Crippen LogP contribution < -0.4 is 0 Å². The molecule has 1 saturated carbocycles. The molecule has 3 N–H and O–H groups in total. The molecule has 0 saturated heterocycles. The number of hydrogen-bond donors (Lipinski definition) is 3.